The summed E-state index contributed by atoms with van der Waals surface area (Å²) >= 11 is 0. The highest BCUT2D eigenvalue weighted by Crippen LogP contribution is 2.39. The van der Waals surface area contributed by atoms with E-state index in [1.165, 1.54) is 0 Å². The second kappa shape index (κ2) is 9.32. The van der Waals surface area contributed by atoms with Crippen molar-refractivity contribution in [2.24, 2.45) is 0 Å². The van der Waals surface area contributed by atoms with Gasteiger partial charge in [0, 0.05) is 31.7 Å². The number of hydrogen-bond acceptors (Lipinski definition) is 6. The number of benzene rings is 2. The van der Waals surface area contributed by atoms with Crippen LogP contribution in [0.2, 0.25) is 0 Å². The summed E-state index contributed by atoms with van der Waals surface area (Å²) in [5, 5.41) is 11.1. The van der Waals surface area contributed by atoms with E-state index in [-0.39, 0.29) is 11.3 Å². The van der Waals surface area contributed by atoms with Gasteiger partial charge >= 0.3 is 0 Å². The van der Waals surface area contributed by atoms with Crippen LogP contribution in [0.15, 0.2) is 60.2 Å². The summed E-state index contributed by atoms with van der Waals surface area (Å²) in [6, 6.07) is 15.5. The van der Waals surface area contributed by atoms with E-state index < -0.39 is 17.7 Å². The highest BCUT2D eigenvalue weighted by molar-refractivity contribution is 6.46. The highest BCUT2D eigenvalue weighted by atomic mass is 16.5. The molecule has 2 aromatic carbocycles. The van der Waals surface area contributed by atoms with Gasteiger partial charge in [0.2, 0.25) is 0 Å². The molecular weight excluding hydrogens is 396 g/mol. The number of rotatable bonds is 6. The highest BCUT2D eigenvalue weighted by Gasteiger charge is 2.45. The molecule has 31 heavy (non-hydrogen) atoms. The molecule has 1 unspecified atom stereocenters. The van der Waals surface area contributed by atoms with Gasteiger partial charge in [0.05, 0.1) is 31.9 Å². The third-order valence-electron chi connectivity index (χ3n) is 5.78. The first-order valence-electron chi connectivity index (χ1n) is 10.4. The second-order valence-corrected chi connectivity index (χ2v) is 7.59. The van der Waals surface area contributed by atoms with Gasteiger partial charge in [-0.1, -0.05) is 30.3 Å². The molecule has 7 nitrogen and oxygen atoms in total. The predicted octanol–water partition coefficient (Wildman–Crippen LogP) is 2.45. The van der Waals surface area contributed by atoms with Crippen LogP contribution in [0.25, 0.3) is 5.76 Å². The number of carbonyl (C=O) groups is 2. The second-order valence-electron chi connectivity index (χ2n) is 7.59. The fourth-order valence-electron chi connectivity index (χ4n) is 4.07. The lowest BCUT2D eigenvalue weighted by molar-refractivity contribution is -0.140. The minimum Gasteiger partial charge on any atom is -0.507 e. The first-order chi connectivity index (χ1) is 15.1. The van der Waals surface area contributed by atoms with Crippen molar-refractivity contribution in [3.63, 3.8) is 0 Å². The Labute approximate surface area is 181 Å². The Hall–Kier alpha value is -3.16. The normalized spacial score (nSPS) is 21.5. The Balaban J connectivity index is 1.70. The molecule has 7 heteroatoms. The summed E-state index contributed by atoms with van der Waals surface area (Å²) < 4.78 is 10.6. The third-order valence-corrected chi connectivity index (χ3v) is 5.78. The van der Waals surface area contributed by atoms with Gasteiger partial charge in [0.1, 0.15) is 11.5 Å². The molecule has 1 atom stereocenters. The lowest BCUT2D eigenvalue weighted by Crippen LogP contribution is -2.42. The largest absolute Gasteiger partial charge is 0.507 e. The lowest BCUT2D eigenvalue weighted by Gasteiger charge is -2.31. The first-order valence-corrected chi connectivity index (χ1v) is 10.4. The summed E-state index contributed by atoms with van der Waals surface area (Å²) in [6.45, 7) is 3.96. The Morgan fingerprint density at radius 3 is 2.35 bits per heavy atom. The molecule has 2 heterocycles. The fourth-order valence-corrected chi connectivity index (χ4v) is 4.07. The van der Waals surface area contributed by atoms with Crippen LogP contribution in [0.3, 0.4) is 0 Å². The van der Waals surface area contributed by atoms with Crippen LogP contribution in [0.4, 0.5) is 0 Å². The molecule has 2 saturated heterocycles. The molecule has 2 aliphatic rings. The van der Waals surface area contributed by atoms with Gasteiger partial charge in [0.15, 0.2) is 0 Å². The van der Waals surface area contributed by atoms with E-state index in [4.69, 9.17) is 9.47 Å². The molecular formula is C24H26N2O5. The van der Waals surface area contributed by atoms with Gasteiger partial charge in [-0.15, -0.1) is 0 Å². The third kappa shape index (κ3) is 4.33. The summed E-state index contributed by atoms with van der Waals surface area (Å²) in [5.41, 5.74) is 1.37. The molecule has 2 aliphatic heterocycles. The number of methoxy groups -OCH3 is 1. The van der Waals surface area contributed by atoms with E-state index in [0.717, 1.165) is 18.7 Å². The number of aliphatic hydroxyl groups is 1. The zero-order valence-corrected chi connectivity index (χ0v) is 17.5. The number of likely N-dealkylation sites (tertiary alicyclic amines) is 1. The van der Waals surface area contributed by atoms with Crippen molar-refractivity contribution in [1.29, 1.82) is 0 Å². The molecule has 0 spiro atoms. The summed E-state index contributed by atoms with van der Waals surface area (Å²) in [5.74, 6) is -0.785. The number of amides is 1. The minimum atomic E-state index is -0.663. The van der Waals surface area contributed by atoms with E-state index in [1.54, 1.807) is 36.3 Å². The summed E-state index contributed by atoms with van der Waals surface area (Å²) in [4.78, 5) is 29.8. The fraction of sp³-hybridized carbons (Fsp3) is 0.333. The molecule has 0 saturated carbocycles. The Kier molecular flexibility index (Phi) is 6.34. The van der Waals surface area contributed by atoms with Crippen LogP contribution in [0, 0.1) is 0 Å². The smallest absolute Gasteiger partial charge is 0.295 e. The standard InChI is InChI=1S/C24H26N2O5/c1-30-19-9-7-18(8-10-19)22(27)20-21(17-5-3-2-4-6-17)26(24(29)23(20)28)12-11-25-13-15-31-16-14-25/h2-10,21,27H,11-16H2,1H3/b22-20-. The molecule has 0 bridgehead atoms. The van der Waals surface area contributed by atoms with Crippen molar-refractivity contribution in [3.8, 4) is 5.75 Å². The number of hydrogen-bond donors (Lipinski definition) is 1. The molecule has 2 aromatic rings. The Morgan fingerprint density at radius 1 is 1.03 bits per heavy atom. The van der Waals surface area contributed by atoms with Crippen LogP contribution in [-0.2, 0) is 14.3 Å². The van der Waals surface area contributed by atoms with Crippen molar-refractivity contribution in [3.05, 3.63) is 71.3 Å². The molecule has 0 aromatic heterocycles. The van der Waals surface area contributed by atoms with Gasteiger partial charge < -0.3 is 19.5 Å². The van der Waals surface area contributed by atoms with E-state index in [9.17, 15) is 14.7 Å². The number of Topliss-reactive ketones (excluding diaryl/α,β-unsaturated/α-hetero) is 1. The molecule has 1 amide bonds. The van der Waals surface area contributed by atoms with Crippen LogP contribution >= 0.6 is 0 Å². The van der Waals surface area contributed by atoms with Crippen LogP contribution in [0.5, 0.6) is 5.75 Å². The number of nitrogens with zero attached hydrogens (tertiary/aromatic N) is 2. The van der Waals surface area contributed by atoms with Crippen molar-refractivity contribution >= 4 is 17.4 Å². The number of ether oxygens (including phenoxy) is 2. The van der Waals surface area contributed by atoms with Gasteiger partial charge in [-0.25, -0.2) is 0 Å². The average Bonchev–Trinajstić information content (AvgIpc) is 3.08. The van der Waals surface area contributed by atoms with Gasteiger partial charge in [0.25, 0.3) is 11.7 Å². The zero-order valence-electron chi connectivity index (χ0n) is 17.5. The average molecular weight is 422 g/mol. The minimum absolute atomic E-state index is 0.114. The molecule has 0 radical (unpaired) electrons. The molecule has 0 aliphatic carbocycles. The van der Waals surface area contributed by atoms with Gasteiger partial charge in [-0.2, -0.15) is 0 Å². The topological polar surface area (TPSA) is 79.3 Å². The van der Waals surface area contributed by atoms with E-state index in [2.05, 4.69) is 4.90 Å². The van der Waals surface area contributed by atoms with Crippen LogP contribution in [0.1, 0.15) is 17.2 Å². The Bertz CT molecular complexity index is 965. The maximum absolute atomic E-state index is 13.0. The maximum Gasteiger partial charge on any atom is 0.295 e. The summed E-state index contributed by atoms with van der Waals surface area (Å²) in [7, 11) is 1.56. The molecule has 2 fully saturated rings. The number of morpholine rings is 1. The molecule has 1 N–H and O–H groups in total. The molecule has 4 rings (SSSR count). The number of ketones is 1. The van der Waals surface area contributed by atoms with E-state index in [1.807, 2.05) is 30.3 Å². The zero-order chi connectivity index (χ0) is 21.8. The Morgan fingerprint density at radius 2 is 1.71 bits per heavy atom. The van der Waals surface area contributed by atoms with Gasteiger partial charge in [-0.3, -0.25) is 14.5 Å². The number of aliphatic hydroxyl groups excluding tert-OH is 1. The SMILES string of the molecule is COc1ccc(/C(O)=C2/C(=O)C(=O)N(CCN3CCOCC3)C2c2ccccc2)cc1. The van der Waals surface area contributed by atoms with Crippen LogP contribution in [-0.4, -0.2) is 73.1 Å². The summed E-state index contributed by atoms with van der Waals surface area (Å²) in [6.07, 6.45) is 0. The van der Waals surface area contributed by atoms with Crippen molar-refractivity contribution < 1.29 is 24.2 Å². The van der Waals surface area contributed by atoms with E-state index in [0.29, 0.717) is 37.6 Å². The maximum atomic E-state index is 13.0. The predicted molar refractivity (Wildman–Crippen MR) is 116 cm³/mol. The van der Waals surface area contributed by atoms with Crippen molar-refractivity contribution in [2.45, 2.75) is 6.04 Å². The van der Waals surface area contributed by atoms with Crippen molar-refractivity contribution in [1.82, 2.24) is 9.80 Å². The molecule has 162 valence electrons. The lowest BCUT2D eigenvalue weighted by atomic mass is 9.95. The quantitative estimate of drug-likeness (QED) is 0.438. The first kappa shape index (κ1) is 21.1. The van der Waals surface area contributed by atoms with Gasteiger partial charge in [-0.05, 0) is 29.8 Å². The monoisotopic (exact) mass is 422 g/mol. The van der Waals surface area contributed by atoms with Crippen molar-refractivity contribution in [2.75, 3.05) is 46.5 Å². The van der Waals surface area contributed by atoms with Crippen LogP contribution < -0.4 is 4.74 Å². The van der Waals surface area contributed by atoms with E-state index >= 15 is 0 Å². The number of carbonyl (C=O) groups excluding carboxylic acids is 2.